The van der Waals surface area contributed by atoms with E-state index in [1.165, 1.54) is 12.3 Å². The number of rotatable bonds is 2. The van der Waals surface area contributed by atoms with Gasteiger partial charge in [-0.2, -0.15) is 0 Å². The molecule has 0 aliphatic heterocycles. The number of hydrogen-bond acceptors (Lipinski definition) is 4. The Morgan fingerprint density at radius 3 is 2.75 bits per heavy atom. The summed E-state index contributed by atoms with van der Waals surface area (Å²) >= 11 is 0. The minimum absolute atomic E-state index is 0.0943. The molecule has 5 nitrogen and oxygen atoms in total. The van der Waals surface area contributed by atoms with Crippen molar-refractivity contribution < 1.29 is 10.0 Å². The first-order valence-electron chi connectivity index (χ1n) is 4.68. The van der Waals surface area contributed by atoms with Gasteiger partial charge in [-0.1, -0.05) is 6.07 Å². The van der Waals surface area contributed by atoms with Crippen LogP contribution >= 0.6 is 0 Å². The largest absolute Gasteiger partial charge is 0.494 e. The molecule has 80 valence electrons. The summed E-state index contributed by atoms with van der Waals surface area (Å²) in [7, 11) is -1.78. The lowest BCUT2D eigenvalue weighted by Gasteiger charge is -2.02. The molecule has 0 atom stereocenters. The van der Waals surface area contributed by atoms with Crippen molar-refractivity contribution in [3.05, 3.63) is 47.0 Å². The first kappa shape index (κ1) is 10.6. The average molecular weight is 216 g/mol. The van der Waals surface area contributed by atoms with Gasteiger partial charge in [0.05, 0.1) is 5.69 Å². The number of aromatic amines is 1. The van der Waals surface area contributed by atoms with Gasteiger partial charge in [0.2, 0.25) is 5.56 Å². The standard InChI is InChI=1S/C10H9BN2O3/c14-10-8(11(15)16)5-7(6-13-10)9-3-1-2-4-12-9/h1-6,15-16H,(H,13,14). The molecule has 0 saturated carbocycles. The Morgan fingerprint density at radius 1 is 1.31 bits per heavy atom. The second-order valence-electron chi connectivity index (χ2n) is 3.26. The molecule has 0 unspecified atom stereocenters. The summed E-state index contributed by atoms with van der Waals surface area (Å²) < 4.78 is 0. The summed E-state index contributed by atoms with van der Waals surface area (Å²) in [6.07, 6.45) is 3.10. The van der Waals surface area contributed by atoms with Crippen molar-refractivity contribution in [2.45, 2.75) is 0 Å². The summed E-state index contributed by atoms with van der Waals surface area (Å²) in [6, 6.07) is 6.76. The Morgan fingerprint density at radius 2 is 2.12 bits per heavy atom. The van der Waals surface area contributed by atoms with E-state index in [1.807, 2.05) is 6.07 Å². The summed E-state index contributed by atoms with van der Waals surface area (Å²) in [5.74, 6) is 0. The molecule has 0 bridgehead atoms. The zero-order chi connectivity index (χ0) is 11.5. The lowest BCUT2D eigenvalue weighted by Crippen LogP contribution is -2.42. The molecule has 2 rings (SSSR count). The van der Waals surface area contributed by atoms with Gasteiger partial charge in [0.15, 0.2) is 0 Å². The van der Waals surface area contributed by atoms with E-state index < -0.39 is 12.7 Å². The van der Waals surface area contributed by atoms with Crippen LogP contribution in [0, 0.1) is 0 Å². The molecule has 16 heavy (non-hydrogen) atoms. The van der Waals surface area contributed by atoms with Crippen molar-refractivity contribution in [2.75, 3.05) is 0 Å². The predicted molar refractivity (Wildman–Crippen MR) is 60.1 cm³/mol. The minimum Gasteiger partial charge on any atom is -0.423 e. The fourth-order valence-corrected chi connectivity index (χ4v) is 1.37. The number of hydrogen-bond donors (Lipinski definition) is 3. The van der Waals surface area contributed by atoms with E-state index in [4.69, 9.17) is 10.0 Å². The maximum atomic E-state index is 11.2. The highest BCUT2D eigenvalue weighted by molar-refractivity contribution is 6.58. The highest BCUT2D eigenvalue weighted by Gasteiger charge is 2.16. The van der Waals surface area contributed by atoms with E-state index in [9.17, 15) is 4.79 Å². The Labute approximate surface area is 91.6 Å². The third kappa shape index (κ3) is 2.02. The molecule has 2 aromatic heterocycles. The van der Waals surface area contributed by atoms with E-state index in [-0.39, 0.29) is 5.46 Å². The Kier molecular flexibility index (Phi) is 2.85. The van der Waals surface area contributed by atoms with Crippen LogP contribution in [0.25, 0.3) is 11.3 Å². The molecule has 3 N–H and O–H groups in total. The quantitative estimate of drug-likeness (QED) is 0.568. The van der Waals surface area contributed by atoms with Gasteiger partial charge in [0.25, 0.3) is 0 Å². The van der Waals surface area contributed by atoms with Gasteiger partial charge in [-0.05, 0) is 18.2 Å². The molecule has 0 aromatic carbocycles. The van der Waals surface area contributed by atoms with Gasteiger partial charge in [-0.15, -0.1) is 0 Å². The van der Waals surface area contributed by atoms with Crippen molar-refractivity contribution >= 4 is 12.6 Å². The molecule has 6 heteroatoms. The zero-order valence-corrected chi connectivity index (χ0v) is 8.29. The van der Waals surface area contributed by atoms with E-state index >= 15 is 0 Å². The maximum absolute atomic E-state index is 11.2. The van der Waals surface area contributed by atoms with E-state index in [0.29, 0.717) is 11.3 Å². The number of pyridine rings is 2. The fraction of sp³-hybridized carbons (Fsp3) is 0. The third-order valence-electron chi connectivity index (χ3n) is 2.17. The normalized spacial score (nSPS) is 10.1. The molecule has 2 aromatic rings. The molecule has 0 aliphatic carbocycles. The molecule has 0 aliphatic rings. The van der Waals surface area contributed by atoms with E-state index in [2.05, 4.69) is 9.97 Å². The fourth-order valence-electron chi connectivity index (χ4n) is 1.37. The Hall–Kier alpha value is -1.92. The molecule has 0 radical (unpaired) electrons. The monoisotopic (exact) mass is 216 g/mol. The summed E-state index contributed by atoms with van der Waals surface area (Å²) in [4.78, 5) is 17.8. The van der Waals surface area contributed by atoms with Crippen molar-refractivity contribution in [1.29, 1.82) is 0 Å². The van der Waals surface area contributed by atoms with Crippen LogP contribution in [0.15, 0.2) is 41.5 Å². The van der Waals surface area contributed by atoms with Crippen LogP contribution in [0.4, 0.5) is 0 Å². The Bertz CT molecular complexity index is 539. The minimum atomic E-state index is -1.78. The van der Waals surface area contributed by atoms with Gasteiger partial charge < -0.3 is 15.0 Å². The van der Waals surface area contributed by atoms with E-state index in [1.54, 1.807) is 18.3 Å². The molecular weight excluding hydrogens is 207 g/mol. The highest BCUT2D eigenvalue weighted by Crippen LogP contribution is 2.11. The lowest BCUT2D eigenvalue weighted by molar-refractivity contribution is 0.425. The second-order valence-corrected chi connectivity index (χ2v) is 3.26. The van der Waals surface area contributed by atoms with Gasteiger partial charge >= 0.3 is 7.12 Å². The van der Waals surface area contributed by atoms with Crippen molar-refractivity contribution in [1.82, 2.24) is 9.97 Å². The van der Waals surface area contributed by atoms with Crippen LogP contribution in [0.2, 0.25) is 0 Å². The van der Waals surface area contributed by atoms with Gasteiger partial charge in [-0.25, -0.2) is 0 Å². The van der Waals surface area contributed by atoms with Crippen LogP contribution in [0.3, 0.4) is 0 Å². The maximum Gasteiger partial charge on any atom is 0.494 e. The zero-order valence-electron chi connectivity index (χ0n) is 8.29. The number of aromatic nitrogens is 2. The SMILES string of the molecule is O=c1[nH]cc(-c2ccccn2)cc1B(O)O. The molecule has 0 spiro atoms. The first-order chi connectivity index (χ1) is 7.68. The van der Waals surface area contributed by atoms with E-state index in [0.717, 1.165) is 0 Å². The Balaban J connectivity index is 2.52. The summed E-state index contributed by atoms with van der Waals surface area (Å²) in [6.45, 7) is 0. The summed E-state index contributed by atoms with van der Waals surface area (Å²) in [5, 5.41) is 18.0. The average Bonchev–Trinajstić information content (AvgIpc) is 2.30. The topological polar surface area (TPSA) is 86.2 Å². The predicted octanol–water partition coefficient (Wildman–Crippen LogP) is -0.883. The van der Waals surface area contributed by atoms with Crippen LogP contribution < -0.4 is 11.0 Å². The smallest absolute Gasteiger partial charge is 0.423 e. The number of nitrogens with one attached hydrogen (secondary N) is 1. The number of H-pyrrole nitrogens is 1. The molecule has 0 amide bonds. The van der Waals surface area contributed by atoms with Gasteiger partial charge in [-0.3, -0.25) is 9.78 Å². The van der Waals surface area contributed by atoms with Crippen molar-refractivity contribution in [3.63, 3.8) is 0 Å². The van der Waals surface area contributed by atoms with Crippen LogP contribution in [-0.2, 0) is 0 Å². The van der Waals surface area contributed by atoms with Gasteiger partial charge in [0, 0.05) is 23.4 Å². The lowest BCUT2D eigenvalue weighted by atomic mass is 9.80. The highest BCUT2D eigenvalue weighted by atomic mass is 16.4. The first-order valence-corrected chi connectivity index (χ1v) is 4.68. The molecule has 0 saturated heterocycles. The van der Waals surface area contributed by atoms with Crippen LogP contribution in [-0.4, -0.2) is 27.1 Å². The third-order valence-corrected chi connectivity index (χ3v) is 2.17. The number of nitrogens with zero attached hydrogens (tertiary/aromatic N) is 1. The van der Waals surface area contributed by atoms with Crippen molar-refractivity contribution in [2.24, 2.45) is 0 Å². The molecule has 2 heterocycles. The van der Waals surface area contributed by atoms with Gasteiger partial charge in [0.1, 0.15) is 0 Å². The second kappa shape index (κ2) is 4.30. The van der Waals surface area contributed by atoms with Crippen molar-refractivity contribution in [3.8, 4) is 11.3 Å². The van der Waals surface area contributed by atoms with Crippen LogP contribution in [0.5, 0.6) is 0 Å². The molecular formula is C10H9BN2O3. The summed E-state index contributed by atoms with van der Waals surface area (Å²) in [5.41, 5.74) is 0.668. The van der Waals surface area contributed by atoms with Crippen LogP contribution in [0.1, 0.15) is 0 Å². The molecule has 0 fully saturated rings.